The molecule has 2 aromatic carbocycles. The summed E-state index contributed by atoms with van der Waals surface area (Å²) in [5.41, 5.74) is 3.79. The van der Waals surface area contributed by atoms with Crippen molar-refractivity contribution in [3.05, 3.63) is 77.1 Å². The Balaban J connectivity index is 1.49. The summed E-state index contributed by atoms with van der Waals surface area (Å²) in [6, 6.07) is 16.7. The number of amides is 2. The molecule has 3 aromatic rings. The second kappa shape index (κ2) is 9.05. The van der Waals surface area contributed by atoms with Crippen molar-refractivity contribution >= 4 is 17.5 Å². The summed E-state index contributed by atoms with van der Waals surface area (Å²) in [6.07, 6.45) is 0. The Labute approximate surface area is 169 Å². The zero-order chi connectivity index (χ0) is 20.8. The minimum atomic E-state index is -0.325. The molecule has 0 fully saturated rings. The molecule has 7 nitrogen and oxygen atoms in total. The van der Waals surface area contributed by atoms with Gasteiger partial charge in [0.2, 0.25) is 5.91 Å². The van der Waals surface area contributed by atoms with Crippen molar-refractivity contribution in [1.82, 2.24) is 15.1 Å². The van der Waals surface area contributed by atoms with Gasteiger partial charge in [-0.1, -0.05) is 30.3 Å². The Morgan fingerprint density at radius 3 is 2.34 bits per heavy atom. The number of ether oxygens (including phenoxy) is 1. The van der Waals surface area contributed by atoms with E-state index in [2.05, 4.69) is 15.7 Å². The summed E-state index contributed by atoms with van der Waals surface area (Å²) in [4.78, 5) is 24.4. The topological polar surface area (TPSA) is 85.3 Å². The van der Waals surface area contributed by atoms with Crippen LogP contribution in [0.4, 0.5) is 5.69 Å². The standard InChI is InChI=1S/C22H24N4O3/c1-15-21(16(2)26(3)25-15)24-20(27)13-23-22(28)18-9-11-19(12-10-18)29-14-17-7-5-4-6-8-17/h4-12H,13-14H2,1-3H3,(H,23,28)(H,24,27). The van der Waals surface area contributed by atoms with E-state index in [1.54, 1.807) is 28.9 Å². The lowest BCUT2D eigenvalue weighted by Gasteiger charge is -2.09. The van der Waals surface area contributed by atoms with Crippen molar-refractivity contribution in [2.45, 2.75) is 20.5 Å². The molecule has 0 saturated carbocycles. The highest BCUT2D eigenvalue weighted by molar-refractivity contribution is 5.99. The lowest BCUT2D eigenvalue weighted by Crippen LogP contribution is -2.33. The molecule has 0 aliphatic rings. The maximum Gasteiger partial charge on any atom is 0.251 e. The molecular weight excluding hydrogens is 368 g/mol. The van der Waals surface area contributed by atoms with Crippen LogP contribution in [0, 0.1) is 13.8 Å². The van der Waals surface area contributed by atoms with E-state index in [-0.39, 0.29) is 18.4 Å². The molecule has 0 unspecified atom stereocenters. The molecule has 0 aliphatic carbocycles. The van der Waals surface area contributed by atoms with Crippen LogP contribution in [0.15, 0.2) is 54.6 Å². The third-order valence-corrected chi connectivity index (χ3v) is 4.55. The number of hydrogen-bond acceptors (Lipinski definition) is 4. The normalized spacial score (nSPS) is 10.4. The molecular formula is C22H24N4O3. The molecule has 0 atom stereocenters. The van der Waals surface area contributed by atoms with Gasteiger partial charge in [0.1, 0.15) is 12.4 Å². The highest BCUT2D eigenvalue weighted by atomic mass is 16.5. The number of carbonyl (C=O) groups excluding carboxylic acids is 2. The van der Waals surface area contributed by atoms with Gasteiger partial charge in [0, 0.05) is 12.6 Å². The van der Waals surface area contributed by atoms with Gasteiger partial charge in [0.05, 0.1) is 23.6 Å². The molecule has 3 rings (SSSR count). The molecule has 2 amide bonds. The van der Waals surface area contributed by atoms with Crippen molar-refractivity contribution in [3.8, 4) is 5.75 Å². The van der Waals surface area contributed by atoms with Gasteiger partial charge < -0.3 is 15.4 Å². The van der Waals surface area contributed by atoms with Crippen LogP contribution in [-0.2, 0) is 18.4 Å². The Hall–Kier alpha value is -3.61. The van der Waals surface area contributed by atoms with Gasteiger partial charge in [0.25, 0.3) is 5.91 Å². The molecule has 7 heteroatoms. The quantitative estimate of drug-likeness (QED) is 0.647. The van der Waals surface area contributed by atoms with Crippen LogP contribution in [0.1, 0.15) is 27.3 Å². The minimum Gasteiger partial charge on any atom is -0.489 e. The van der Waals surface area contributed by atoms with Crippen LogP contribution in [0.3, 0.4) is 0 Å². The van der Waals surface area contributed by atoms with E-state index in [4.69, 9.17) is 4.74 Å². The number of aromatic nitrogens is 2. The summed E-state index contributed by atoms with van der Waals surface area (Å²) in [5.74, 6) is 0.0421. The number of nitrogens with one attached hydrogen (secondary N) is 2. The molecule has 0 aliphatic heterocycles. The molecule has 0 radical (unpaired) electrons. The molecule has 150 valence electrons. The fourth-order valence-electron chi connectivity index (χ4n) is 2.84. The summed E-state index contributed by atoms with van der Waals surface area (Å²) >= 11 is 0. The average Bonchev–Trinajstić information content (AvgIpc) is 2.97. The third kappa shape index (κ3) is 5.22. The molecule has 0 spiro atoms. The van der Waals surface area contributed by atoms with Gasteiger partial charge in [-0.15, -0.1) is 0 Å². The zero-order valence-electron chi connectivity index (χ0n) is 16.7. The average molecular weight is 392 g/mol. The molecule has 1 aromatic heterocycles. The van der Waals surface area contributed by atoms with Crippen LogP contribution < -0.4 is 15.4 Å². The van der Waals surface area contributed by atoms with Gasteiger partial charge in [-0.05, 0) is 43.7 Å². The fraction of sp³-hybridized carbons (Fsp3) is 0.227. The lowest BCUT2D eigenvalue weighted by molar-refractivity contribution is -0.115. The van der Waals surface area contributed by atoms with E-state index < -0.39 is 0 Å². The molecule has 2 N–H and O–H groups in total. The first-order valence-electron chi connectivity index (χ1n) is 9.29. The number of anilines is 1. The predicted octanol–water partition coefficient (Wildman–Crippen LogP) is 2.98. The third-order valence-electron chi connectivity index (χ3n) is 4.55. The first kappa shape index (κ1) is 20.1. The van der Waals surface area contributed by atoms with Crippen LogP contribution >= 0.6 is 0 Å². The van der Waals surface area contributed by atoms with E-state index in [0.717, 1.165) is 17.0 Å². The fourth-order valence-corrected chi connectivity index (χ4v) is 2.84. The highest BCUT2D eigenvalue weighted by Gasteiger charge is 2.13. The second-order valence-electron chi connectivity index (χ2n) is 6.70. The number of nitrogens with zero attached hydrogens (tertiary/aromatic N) is 2. The largest absolute Gasteiger partial charge is 0.489 e. The smallest absolute Gasteiger partial charge is 0.251 e. The zero-order valence-corrected chi connectivity index (χ0v) is 16.7. The number of rotatable bonds is 7. The van der Waals surface area contributed by atoms with Gasteiger partial charge in [-0.3, -0.25) is 14.3 Å². The van der Waals surface area contributed by atoms with Crippen LogP contribution in [-0.4, -0.2) is 28.1 Å². The Bertz CT molecular complexity index is 995. The SMILES string of the molecule is Cc1nn(C)c(C)c1NC(=O)CNC(=O)c1ccc(OCc2ccccc2)cc1. The van der Waals surface area contributed by atoms with Gasteiger partial charge in [0.15, 0.2) is 0 Å². The van der Waals surface area contributed by atoms with E-state index in [1.807, 2.05) is 51.2 Å². The molecule has 29 heavy (non-hydrogen) atoms. The highest BCUT2D eigenvalue weighted by Crippen LogP contribution is 2.18. The van der Waals surface area contributed by atoms with Gasteiger partial charge >= 0.3 is 0 Å². The van der Waals surface area contributed by atoms with Crippen LogP contribution in [0.5, 0.6) is 5.75 Å². The predicted molar refractivity (Wildman–Crippen MR) is 111 cm³/mol. The first-order chi connectivity index (χ1) is 13.9. The number of carbonyl (C=O) groups is 2. The maximum atomic E-state index is 12.3. The number of aryl methyl sites for hydroxylation is 2. The summed E-state index contributed by atoms with van der Waals surface area (Å²) in [6.45, 7) is 4.02. The first-order valence-corrected chi connectivity index (χ1v) is 9.29. The van der Waals surface area contributed by atoms with Crippen molar-refractivity contribution in [2.24, 2.45) is 7.05 Å². The van der Waals surface area contributed by atoms with E-state index in [9.17, 15) is 9.59 Å². The van der Waals surface area contributed by atoms with E-state index in [0.29, 0.717) is 23.6 Å². The van der Waals surface area contributed by atoms with Gasteiger partial charge in [-0.25, -0.2) is 0 Å². The Morgan fingerprint density at radius 1 is 1.03 bits per heavy atom. The summed E-state index contributed by atoms with van der Waals surface area (Å²) < 4.78 is 7.41. The van der Waals surface area contributed by atoms with Crippen molar-refractivity contribution < 1.29 is 14.3 Å². The lowest BCUT2D eigenvalue weighted by atomic mass is 10.2. The van der Waals surface area contributed by atoms with Crippen LogP contribution in [0.2, 0.25) is 0 Å². The maximum absolute atomic E-state index is 12.3. The van der Waals surface area contributed by atoms with Crippen molar-refractivity contribution in [2.75, 3.05) is 11.9 Å². The van der Waals surface area contributed by atoms with E-state index in [1.165, 1.54) is 0 Å². The minimum absolute atomic E-state index is 0.126. The molecule has 0 bridgehead atoms. The molecule has 0 saturated heterocycles. The van der Waals surface area contributed by atoms with Crippen molar-refractivity contribution in [3.63, 3.8) is 0 Å². The Kier molecular flexibility index (Phi) is 6.29. The number of benzene rings is 2. The molecule has 1 heterocycles. The summed E-state index contributed by atoms with van der Waals surface area (Å²) in [7, 11) is 1.81. The summed E-state index contributed by atoms with van der Waals surface area (Å²) in [5, 5.41) is 9.67. The second-order valence-corrected chi connectivity index (χ2v) is 6.70. The number of hydrogen-bond donors (Lipinski definition) is 2. The van der Waals surface area contributed by atoms with Crippen LogP contribution in [0.25, 0.3) is 0 Å². The van der Waals surface area contributed by atoms with E-state index >= 15 is 0 Å². The van der Waals surface area contributed by atoms with Crippen molar-refractivity contribution in [1.29, 1.82) is 0 Å². The Morgan fingerprint density at radius 2 is 1.72 bits per heavy atom. The van der Waals surface area contributed by atoms with Gasteiger partial charge in [-0.2, -0.15) is 5.10 Å². The monoisotopic (exact) mass is 392 g/mol.